The van der Waals surface area contributed by atoms with Gasteiger partial charge in [-0.2, -0.15) is 13.2 Å². The highest BCUT2D eigenvalue weighted by atomic mass is 19.4. The van der Waals surface area contributed by atoms with Crippen LogP contribution in [-0.4, -0.2) is 19.6 Å². The van der Waals surface area contributed by atoms with Crippen molar-refractivity contribution in [3.05, 3.63) is 35.2 Å². The number of allylic oxidation sites excluding steroid dienone is 1. The third-order valence-electron chi connectivity index (χ3n) is 3.03. The smallest absolute Gasteiger partial charge is 0.420 e. The van der Waals surface area contributed by atoms with Crippen molar-refractivity contribution >= 4 is 11.6 Å². The van der Waals surface area contributed by atoms with Crippen LogP contribution in [0.5, 0.6) is 5.75 Å². The zero-order chi connectivity index (χ0) is 17.6. The molecule has 0 aromatic heterocycles. The SMILES string of the molecule is CCC(=O)Nc1ccc(C/C(F)=C/CN)c(C(F)(F)F)c1OC. The molecule has 23 heavy (non-hydrogen) atoms. The minimum absolute atomic E-state index is 0.0973. The summed E-state index contributed by atoms with van der Waals surface area (Å²) in [5.74, 6) is -1.78. The van der Waals surface area contributed by atoms with Gasteiger partial charge in [0.1, 0.15) is 11.4 Å². The number of nitrogens with two attached hydrogens (primary N) is 1. The van der Waals surface area contributed by atoms with E-state index in [2.05, 4.69) is 5.32 Å². The van der Waals surface area contributed by atoms with E-state index in [9.17, 15) is 22.4 Å². The van der Waals surface area contributed by atoms with Crippen LogP contribution in [0.2, 0.25) is 0 Å². The summed E-state index contributed by atoms with van der Waals surface area (Å²) in [6.07, 6.45) is -4.24. The second-order valence-electron chi connectivity index (χ2n) is 4.64. The lowest BCUT2D eigenvalue weighted by molar-refractivity contribution is -0.139. The Bertz CT molecular complexity index is 598. The molecule has 0 bridgehead atoms. The van der Waals surface area contributed by atoms with Crippen LogP contribution in [-0.2, 0) is 17.4 Å². The van der Waals surface area contributed by atoms with Gasteiger partial charge in [-0.25, -0.2) is 4.39 Å². The molecule has 4 nitrogen and oxygen atoms in total. The molecule has 0 saturated heterocycles. The van der Waals surface area contributed by atoms with Gasteiger partial charge in [-0.1, -0.05) is 13.0 Å². The normalized spacial score (nSPS) is 12.2. The number of alkyl halides is 3. The molecule has 0 fully saturated rings. The number of benzene rings is 1. The number of amides is 1. The highest BCUT2D eigenvalue weighted by Gasteiger charge is 2.38. The molecule has 128 valence electrons. The molecule has 0 heterocycles. The van der Waals surface area contributed by atoms with Gasteiger partial charge in [0.2, 0.25) is 5.91 Å². The number of carbonyl (C=O) groups excluding carboxylic acids is 1. The summed E-state index contributed by atoms with van der Waals surface area (Å²) in [4.78, 5) is 11.4. The Balaban J connectivity index is 3.43. The summed E-state index contributed by atoms with van der Waals surface area (Å²) >= 11 is 0. The highest BCUT2D eigenvalue weighted by Crippen LogP contribution is 2.43. The average Bonchev–Trinajstić information content (AvgIpc) is 2.47. The molecular weight excluding hydrogens is 316 g/mol. The first kappa shape index (κ1) is 19.0. The van der Waals surface area contributed by atoms with E-state index in [1.165, 1.54) is 6.07 Å². The van der Waals surface area contributed by atoms with Crippen molar-refractivity contribution in [2.45, 2.75) is 25.9 Å². The van der Waals surface area contributed by atoms with Crippen LogP contribution in [0.25, 0.3) is 0 Å². The van der Waals surface area contributed by atoms with E-state index in [1.54, 1.807) is 6.92 Å². The lowest BCUT2D eigenvalue weighted by Gasteiger charge is -2.19. The summed E-state index contributed by atoms with van der Waals surface area (Å²) < 4.78 is 58.5. The number of nitrogens with one attached hydrogen (secondary N) is 1. The van der Waals surface area contributed by atoms with Crippen molar-refractivity contribution in [1.29, 1.82) is 0 Å². The minimum Gasteiger partial charge on any atom is -0.494 e. The van der Waals surface area contributed by atoms with Crippen LogP contribution >= 0.6 is 0 Å². The van der Waals surface area contributed by atoms with E-state index in [-0.39, 0.29) is 24.2 Å². The molecule has 3 N–H and O–H groups in total. The second-order valence-corrected chi connectivity index (χ2v) is 4.64. The van der Waals surface area contributed by atoms with Gasteiger partial charge < -0.3 is 15.8 Å². The summed E-state index contributed by atoms with van der Waals surface area (Å²) in [6.45, 7) is 1.45. The van der Waals surface area contributed by atoms with E-state index in [0.717, 1.165) is 19.3 Å². The van der Waals surface area contributed by atoms with Gasteiger partial charge in [0.05, 0.1) is 12.8 Å². The Labute approximate surface area is 131 Å². The summed E-state index contributed by atoms with van der Waals surface area (Å²) in [5, 5.41) is 2.34. The minimum atomic E-state index is -4.77. The topological polar surface area (TPSA) is 64.4 Å². The fraction of sp³-hybridized carbons (Fsp3) is 0.400. The van der Waals surface area contributed by atoms with Crippen molar-refractivity contribution in [2.24, 2.45) is 5.73 Å². The number of methoxy groups -OCH3 is 1. The average molecular weight is 334 g/mol. The van der Waals surface area contributed by atoms with E-state index >= 15 is 0 Å². The molecule has 0 aliphatic rings. The van der Waals surface area contributed by atoms with Gasteiger partial charge in [-0.3, -0.25) is 4.79 Å². The van der Waals surface area contributed by atoms with Crippen molar-refractivity contribution < 1.29 is 27.1 Å². The molecule has 1 aromatic rings. The second kappa shape index (κ2) is 7.96. The molecule has 0 saturated carbocycles. The van der Waals surface area contributed by atoms with Gasteiger partial charge in [0.25, 0.3) is 0 Å². The lowest BCUT2D eigenvalue weighted by atomic mass is 10.0. The van der Waals surface area contributed by atoms with Crippen molar-refractivity contribution in [1.82, 2.24) is 0 Å². The van der Waals surface area contributed by atoms with Crippen LogP contribution < -0.4 is 15.8 Å². The standard InChI is InChI=1S/C15H18F4N2O2/c1-3-12(22)21-11-5-4-9(8-10(16)6-7-20)13(14(11)23-2)15(17,18)19/h4-6H,3,7-8,20H2,1-2H3,(H,21,22)/b10-6-. The molecule has 0 atom stereocenters. The van der Waals surface area contributed by atoms with Crippen LogP contribution in [0, 0.1) is 0 Å². The van der Waals surface area contributed by atoms with Crippen molar-refractivity contribution in [3.8, 4) is 5.75 Å². The van der Waals surface area contributed by atoms with E-state index in [4.69, 9.17) is 10.5 Å². The maximum atomic E-state index is 13.6. The molecule has 8 heteroatoms. The van der Waals surface area contributed by atoms with Gasteiger partial charge >= 0.3 is 6.18 Å². The zero-order valence-electron chi connectivity index (χ0n) is 12.8. The number of carbonyl (C=O) groups is 1. The molecule has 0 aliphatic carbocycles. The number of anilines is 1. The van der Waals surface area contributed by atoms with Crippen LogP contribution in [0.4, 0.5) is 23.2 Å². The van der Waals surface area contributed by atoms with E-state index < -0.39 is 35.6 Å². The predicted molar refractivity (Wildman–Crippen MR) is 78.9 cm³/mol. The Morgan fingerprint density at radius 1 is 1.39 bits per heavy atom. The number of hydrogen-bond acceptors (Lipinski definition) is 3. The number of rotatable bonds is 6. The maximum absolute atomic E-state index is 13.6. The number of hydrogen-bond donors (Lipinski definition) is 2. The number of ether oxygens (including phenoxy) is 1. The maximum Gasteiger partial charge on any atom is 0.420 e. The van der Waals surface area contributed by atoms with Crippen LogP contribution in [0.1, 0.15) is 24.5 Å². The summed E-state index contributed by atoms with van der Waals surface area (Å²) in [7, 11) is 1.06. The molecular formula is C15H18F4N2O2. The van der Waals surface area contributed by atoms with E-state index in [1.807, 2.05) is 0 Å². The molecule has 1 rings (SSSR count). The van der Waals surface area contributed by atoms with Gasteiger partial charge in [0.15, 0.2) is 5.75 Å². The molecule has 0 radical (unpaired) electrons. The van der Waals surface area contributed by atoms with Crippen molar-refractivity contribution in [3.63, 3.8) is 0 Å². The molecule has 0 aliphatic heterocycles. The van der Waals surface area contributed by atoms with Crippen LogP contribution in [0.3, 0.4) is 0 Å². The molecule has 0 unspecified atom stereocenters. The van der Waals surface area contributed by atoms with Crippen LogP contribution in [0.15, 0.2) is 24.0 Å². The molecule has 1 aromatic carbocycles. The Morgan fingerprint density at radius 3 is 2.52 bits per heavy atom. The third-order valence-corrected chi connectivity index (χ3v) is 3.03. The lowest BCUT2D eigenvalue weighted by Crippen LogP contribution is -2.16. The third kappa shape index (κ3) is 4.95. The fourth-order valence-corrected chi connectivity index (χ4v) is 2.01. The Kier molecular flexibility index (Phi) is 6.56. The monoisotopic (exact) mass is 334 g/mol. The predicted octanol–water partition coefficient (Wildman–Crippen LogP) is 3.42. The molecule has 1 amide bonds. The first-order valence-electron chi connectivity index (χ1n) is 6.86. The van der Waals surface area contributed by atoms with E-state index in [0.29, 0.717) is 0 Å². The fourth-order valence-electron chi connectivity index (χ4n) is 2.01. The summed E-state index contributed by atoms with van der Waals surface area (Å²) in [5.41, 5.74) is 3.62. The Hall–Kier alpha value is -2.09. The Morgan fingerprint density at radius 2 is 2.04 bits per heavy atom. The first-order valence-corrected chi connectivity index (χ1v) is 6.86. The van der Waals surface area contributed by atoms with Gasteiger partial charge in [-0.15, -0.1) is 0 Å². The molecule has 0 spiro atoms. The highest BCUT2D eigenvalue weighted by molar-refractivity contribution is 5.92. The zero-order valence-corrected chi connectivity index (χ0v) is 12.8. The first-order chi connectivity index (χ1) is 10.7. The van der Waals surface area contributed by atoms with Crippen molar-refractivity contribution in [2.75, 3.05) is 19.0 Å². The summed E-state index contributed by atoms with van der Waals surface area (Å²) in [6, 6.07) is 2.37. The van der Waals surface area contributed by atoms with Gasteiger partial charge in [0, 0.05) is 19.4 Å². The number of halogens is 4. The van der Waals surface area contributed by atoms with Gasteiger partial charge in [-0.05, 0) is 17.7 Å². The largest absolute Gasteiger partial charge is 0.494 e. The quantitative estimate of drug-likeness (QED) is 0.784.